The average molecular weight is 303 g/mol. The van der Waals surface area contributed by atoms with Crippen molar-refractivity contribution in [2.45, 2.75) is 46.0 Å². The fourth-order valence-corrected chi connectivity index (χ4v) is 2.82. The van der Waals surface area contributed by atoms with E-state index >= 15 is 0 Å². The number of nitrogens with two attached hydrogens (primary N) is 1. The fourth-order valence-electron chi connectivity index (χ4n) is 2.40. The van der Waals surface area contributed by atoms with E-state index in [9.17, 15) is 0 Å². The molecular weight excluding hydrogens is 280 g/mol. The summed E-state index contributed by atoms with van der Waals surface area (Å²) in [5.74, 6) is 0.266. The van der Waals surface area contributed by atoms with Crippen molar-refractivity contribution < 1.29 is 0 Å². The molecule has 0 aliphatic heterocycles. The highest BCUT2D eigenvalue weighted by molar-refractivity contribution is 6.30. The summed E-state index contributed by atoms with van der Waals surface area (Å²) in [6.07, 6.45) is 0. The van der Waals surface area contributed by atoms with Crippen molar-refractivity contribution in [2.75, 3.05) is 5.73 Å². The van der Waals surface area contributed by atoms with Gasteiger partial charge in [-0.05, 0) is 23.0 Å². The van der Waals surface area contributed by atoms with E-state index in [2.05, 4.69) is 63.9 Å². The zero-order chi connectivity index (χ0) is 15.8. The zero-order valence-corrected chi connectivity index (χ0v) is 14.1. The van der Waals surface area contributed by atoms with Crippen molar-refractivity contribution in [3.05, 3.63) is 46.6 Å². The van der Waals surface area contributed by atoms with Crippen LogP contribution in [0.15, 0.2) is 30.3 Å². The monoisotopic (exact) mass is 302 g/mol. The number of anilines is 1. The number of benzene rings is 1. The molecule has 2 nitrogen and oxygen atoms in total. The average Bonchev–Trinajstić information content (AvgIpc) is 2.36. The predicted molar refractivity (Wildman–Crippen MR) is 91.9 cm³/mol. The first kappa shape index (κ1) is 15.8. The van der Waals surface area contributed by atoms with Crippen LogP contribution in [-0.4, -0.2) is 4.98 Å². The number of aromatic nitrogens is 1. The molecule has 0 spiro atoms. The van der Waals surface area contributed by atoms with Gasteiger partial charge in [0.25, 0.3) is 0 Å². The molecule has 112 valence electrons. The molecule has 2 N–H and O–H groups in total. The summed E-state index contributed by atoms with van der Waals surface area (Å²) in [7, 11) is 0. The van der Waals surface area contributed by atoms with E-state index in [4.69, 9.17) is 17.3 Å². The van der Waals surface area contributed by atoms with Crippen LogP contribution in [0.2, 0.25) is 5.15 Å². The lowest BCUT2D eigenvalue weighted by Crippen LogP contribution is -2.10. The molecule has 0 atom stereocenters. The Morgan fingerprint density at radius 1 is 1.10 bits per heavy atom. The minimum absolute atomic E-state index is 0.143. The predicted octanol–water partition coefficient (Wildman–Crippen LogP) is 5.41. The first-order valence-electron chi connectivity index (χ1n) is 7.27. The van der Waals surface area contributed by atoms with Gasteiger partial charge in [-0.1, -0.05) is 70.5 Å². The second kappa shape index (κ2) is 5.69. The van der Waals surface area contributed by atoms with E-state index in [0.717, 1.165) is 16.8 Å². The Kier molecular flexibility index (Phi) is 4.29. The fraction of sp³-hybridized carbons (Fsp3) is 0.389. The topological polar surface area (TPSA) is 38.9 Å². The van der Waals surface area contributed by atoms with Crippen LogP contribution in [0.5, 0.6) is 0 Å². The van der Waals surface area contributed by atoms with Gasteiger partial charge in [0.05, 0.1) is 5.69 Å². The number of hydrogen-bond donors (Lipinski definition) is 1. The smallest absolute Gasteiger partial charge is 0.135 e. The highest BCUT2D eigenvalue weighted by Crippen LogP contribution is 2.32. The Bertz CT molecular complexity index is 614. The zero-order valence-electron chi connectivity index (χ0n) is 13.4. The Hall–Kier alpha value is -1.54. The maximum absolute atomic E-state index is 6.29. The molecule has 0 aliphatic rings. The highest BCUT2D eigenvalue weighted by atomic mass is 35.5. The van der Waals surface area contributed by atoms with E-state index < -0.39 is 0 Å². The van der Waals surface area contributed by atoms with E-state index in [1.807, 2.05) is 6.07 Å². The lowest BCUT2D eigenvalue weighted by Gasteiger charge is -2.19. The minimum Gasteiger partial charge on any atom is -0.398 e. The number of halogens is 1. The third-order valence-corrected chi connectivity index (χ3v) is 3.96. The molecule has 21 heavy (non-hydrogen) atoms. The van der Waals surface area contributed by atoms with Crippen LogP contribution < -0.4 is 5.73 Å². The van der Waals surface area contributed by atoms with Crippen LogP contribution in [0.4, 0.5) is 5.69 Å². The summed E-state index contributed by atoms with van der Waals surface area (Å²) in [5, 5.41) is 0.500. The first-order valence-corrected chi connectivity index (χ1v) is 7.64. The molecule has 0 aliphatic carbocycles. The second-order valence-electron chi connectivity index (χ2n) is 6.78. The molecule has 3 heteroatoms. The number of pyridine rings is 1. The van der Waals surface area contributed by atoms with Crippen LogP contribution in [0.1, 0.15) is 51.7 Å². The van der Waals surface area contributed by atoms with Gasteiger partial charge in [0.1, 0.15) is 5.15 Å². The van der Waals surface area contributed by atoms with Crippen molar-refractivity contribution in [1.82, 2.24) is 4.98 Å². The first-order chi connectivity index (χ1) is 9.70. The molecule has 2 aromatic rings. The summed E-state index contributed by atoms with van der Waals surface area (Å²) in [6, 6.07) is 10.3. The Morgan fingerprint density at radius 2 is 1.67 bits per heavy atom. The Labute approximate surface area is 132 Å². The molecule has 1 aromatic carbocycles. The molecule has 0 saturated carbocycles. The van der Waals surface area contributed by atoms with E-state index in [1.165, 1.54) is 5.56 Å². The lowest BCUT2D eigenvalue weighted by molar-refractivity contribution is 0.590. The minimum atomic E-state index is 0.143. The third-order valence-electron chi connectivity index (χ3n) is 3.67. The molecule has 2 rings (SSSR count). The van der Waals surface area contributed by atoms with E-state index in [-0.39, 0.29) is 11.3 Å². The summed E-state index contributed by atoms with van der Waals surface area (Å²) >= 11 is 6.29. The van der Waals surface area contributed by atoms with E-state index in [0.29, 0.717) is 10.8 Å². The molecule has 0 unspecified atom stereocenters. The Morgan fingerprint density at radius 3 is 2.10 bits per heavy atom. The largest absolute Gasteiger partial charge is 0.398 e. The molecule has 0 amide bonds. The van der Waals surface area contributed by atoms with Gasteiger partial charge in [0.15, 0.2) is 0 Å². The molecule has 1 heterocycles. The van der Waals surface area contributed by atoms with Crippen molar-refractivity contribution in [2.24, 2.45) is 0 Å². The molecular formula is C18H23ClN2. The van der Waals surface area contributed by atoms with Gasteiger partial charge in [0.2, 0.25) is 0 Å². The number of nitrogen functional groups attached to an aromatic ring is 1. The summed E-state index contributed by atoms with van der Waals surface area (Å²) < 4.78 is 0. The Balaban J connectivity index is 2.44. The van der Waals surface area contributed by atoms with Crippen LogP contribution >= 0.6 is 11.6 Å². The summed E-state index contributed by atoms with van der Waals surface area (Å²) in [5.41, 5.74) is 11.1. The summed E-state index contributed by atoms with van der Waals surface area (Å²) in [4.78, 5) is 4.50. The number of nitrogens with zero attached hydrogens (tertiary/aromatic N) is 1. The quantitative estimate of drug-likeness (QED) is 0.754. The van der Waals surface area contributed by atoms with Crippen molar-refractivity contribution in [3.63, 3.8) is 0 Å². The standard InChI is InChI=1S/C18H23ClN2/c1-11(2)16-14(20)10-15(21-17(16)19)12-6-8-13(9-7-12)18(3,4)5/h6-11H,1-5H3,(H2,20,21). The lowest BCUT2D eigenvalue weighted by atomic mass is 9.86. The molecule has 0 bridgehead atoms. The van der Waals surface area contributed by atoms with Crippen molar-refractivity contribution >= 4 is 17.3 Å². The molecule has 0 radical (unpaired) electrons. The van der Waals surface area contributed by atoms with Gasteiger partial charge in [-0.15, -0.1) is 0 Å². The SMILES string of the molecule is CC(C)c1c(N)cc(-c2ccc(C(C)(C)C)cc2)nc1Cl. The van der Waals surface area contributed by atoms with Gasteiger partial charge in [-0.3, -0.25) is 0 Å². The number of rotatable bonds is 2. The maximum Gasteiger partial charge on any atom is 0.135 e. The van der Waals surface area contributed by atoms with Crippen molar-refractivity contribution in [1.29, 1.82) is 0 Å². The second-order valence-corrected chi connectivity index (χ2v) is 7.14. The number of hydrogen-bond acceptors (Lipinski definition) is 2. The van der Waals surface area contributed by atoms with Gasteiger partial charge < -0.3 is 5.73 Å². The van der Waals surface area contributed by atoms with Gasteiger partial charge >= 0.3 is 0 Å². The van der Waals surface area contributed by atoms with Gasteiger partial charge in [-0.25, -0.2) is 4.98 Å². The van der Waals surface area contributed by atoms with Crippen LogP contribution in [0.25, 0.3) is 11.3 Å². The third kappa shape index (κ3) is 3.38. The van der Waals surface area contributed by atoms with Crippen LogP contribution in [0.3, 0.4) is 0 Å². The van der Waals surface area contributed by atoms with Crippen LogP contribution in [-0.2, 0) is 5.41 Å². The van der Waals surface area contributed by atoms with Crippen molar-refractivity contribution in [3.8, 4) is 11.3 Å². The molecule has 0 fully saturated rings. The van der Waals surface area contributed by atoms with E-state index in [1.54, 1.807) is 0 Å². The molecule has 1 aromatic heterocycles. The van der Waals surface area contributed by atoms with Crippen LogP contribution in [0, 0.1) is 0 Å². The van der Waals surface area contributed by atoms with Gasteiger partial charge in [-0.2, -0.15) is 0 Å². The normalized spacial score (nSPS) is 12.0. The highest BCUT2D eigenvalue weighted by Gasteiger charge is 2.15. The summed E-state index contributed by atoms with van der Waals surface area (Å²) in [6.45, 7) is 10.7. The maximum atomic E-state index is 6.29. The van der Waals surface area contributed by atoms with Gasteiger partial charge in [0, 0.05) is 16.8 Å². The molecule has 0 saturated heterocycles.